The van der Waals surface area contributed by atoms with E-state index in [0.29, 0.717) is 39.0 Å². The highest BCUT2D eigenvalue weighted by Gasteiger charge is 2.28. The summed E-state index contributed by atoms with van der Waals surface area (Å²) in [7, 11) is 0. The highest BCUT2D eigenvalue weighted by atomic mass is 16.5. The smallest absolute Gasteiger partial charge is 0.309 e. The number of hydrogen-bond acceptors (Lipinski definition) is 3. The first kappa shape index (κ1) is 18.5. The molecule has 1 fully saturated rings. The van der Waals surface area contributed by atoms with Crippen molar-refractivity contribution in [2.75, 3.05) is 19.7 Å². The van der Waals surface area contributed by atoms with Crippen LogP contribution in [0.1, 0.15) is 50.7 Å². The summed E-state index contributed by atoms with van der Waals surface area (Å²) >= 11 is 0. The molecule has 0 atom stereocenters. The molecule has 0 unspecified atom stereocenters. The summed E-state index contributed by atoms with van der Waals surface area (Å²) in [4.78, 5) is 26.1. The Morgan fingerprint density at radius 2 is 1.71 bits per heavy atom. The van der Waals surface area contributed by atoms with Crippen LogP contribution in [0.25, 0.3) is 0 Å². The van der Waals surface area contributed by atoms with Crippen LogP contribution in [0.2, 0.25) is 0 Å². The molecule has 1 heterocycles. The van der Waals surface area contributed by atoms with Gasteiger partial charge in [0.2, 0.25) is 5.91 Å². The number of rotatable bonds is 7. The molecule has 1 aliphatic rings. The molecule has 0 spiro atoms. The topological polar surface area (TPSA) is 46.6 Å². The van der Waals surface area contributed by atoms with Crippen LogP contribution < -0.4 is 0 Å². The molecular weight excluding hydrogens is 302 g/mol. The Morgan fingerprint density at radius 3 is 2.29 bits per heavy atom. The molecule has 1 amide bonds. The normalized spacial score (nSPS) is 15.3. The number of likely N-dealkylation sites (tertiary alicyclic amines) is 1. The Labute approximate surface area is 145 Å². The monoisotopic (exact) mass is 331 g/mol. The molecule has 0 saturated carbocycles. The number of carbonyl (C=O) groups excluding carboxylic acids is 2. The fraction of sp³-hybridized carbons (Fsp3) is 0.600. The zero-order valence-electron chi connectivity index (χ0n) is 14.9. The van der Waals surface area contributed by atoms with Gasteiger partial charge in [-0.2, -0.15) is 0 Å². The van der Waals surface area contributed by atoms with Gasteiger partial charge in [0.1, 0.15) is 0 Å². The SMILES string of the molecule is CCCCc1ccc(CC(=O)N2CCC(C(=O)OCC)CC2)cc1. The zero-order valence-corrected chi connectivity index (χ0v) is 14.9. The summed E-state index contributed by atoms with van der Waals surface area (Å²) in [5.41, 5.74) is 2.40. The lowest BCUT2D eigenvalue weighted by Crippen LogP contribution is -2.41. The molecule has 1 aliphatic heterocycles. The predicted molar refractivity (Wildman–Crippen MR) is 94.7 cm³/mol. The molecule has 1 aromatic carbocycles. The third-order valence-corrected chi connectivity index (χ3v) is 4.66. The van der Waals surface area contributed by atoms with Gasteiger partial charge in [0.25, 0.3) is 0 Å². The van der Waals surface area contributed by atoms with Crippen LogP contribution >= 0.6 is 0 Å². The summed E-state index contributed by atoms with van der Waals surface area (Å²) in [5.74, 6) is -0.0160. The first-order valence-corrected chi connectivity index (χ1v) is 9.16. The van der Waals surface area contributed by atoms with E-state index in [1.54, 1.807) is 0 Å². The Morgan fingerprint density at radius 1 is 1.08 bits per heavy atom. The molecule has 24 heavy (non-hydrogen) atoms. The second-order valence-corrected chi connectivity index (χ2v) is 6.50. The highest BCUT2D eigenvalue weighted by Crippen LogP contribution is 2.19. The van der Waals surface area contributed by atoms with Crippen molar-refractivity contribution in [2.24, 2.45) is 5.92 Å². The van der Waals surface area contributed by atoms with Crippen LogP contribution in [0.3, 0.4) is 0 Å². The van der Waals surface area contributed by atoms with E-state index in [-0.39, 0.29) is 17.8 Å². The molecule has 0 radical (unpaired) electrons. The number of ether oxygens (including phenoxy) is 1. The maximum absolute atomic E-state index is 12.4. The van der Waals surface area contributed by atoms with Gasteiger partial charge in [-0.05, 0) is 43.7 Å². The maximum atomic E-state index is 12.4. The summed E-state index contributed by atoms with van der Waals surface area (Å²) < 4.78 is 5.07. The van der Waals surface area contributed by atoms with Crippen LogP contribution in [-0.4, -0.2) is 36.5 Å². The van der Waals surface area contributed by atoms with Gasteiger partial charge in [-0.25, -0.2) is 0 Å². The van der Waals surface area contributed by atoms with Crippen LogP contribution in [0.4, 0.5) is 0 Å². The van der Waals surface area contributed by atoms with Crippen LogP contribution in [0, 0.1) is 5.92 Å². The summed E-state index contributed by atoms with van der Waals surface area (Å²) in [6.45, 7) is 5.74. The molecule has 4 heteroatoms. The number of amides is 1. The second-order valence-electron chi connectivity index (χ2n) is 6.50. The van der Waals surface area contributed by atoms with Crippen molar-refractivity contribution in [1.82, 2.24) is 4.90 Å². The van der Waals surface area contributed by atoms with Gasteiger partial charge in [-0.15, -0.1) is 0 Å². The third kappa shape index (κ3) is 5.36. The molecule has 2 rings (SSSR count). The fourth-order valence-corrected chi connectivity index (χ4v) is 3.12. The van der Waals surface area contributed by atoms with E-state index >= 15 is 0 Å². The average molecular weight is 331 g/mol. The summed E-state index contributed by atoms with van der Waals surface area (Å²) in [6.07, 6.45) is 5.36. The standard InChI is InChI=1S/C20H29NO3/c1-3-5-6-16-7-9-17(10-8-16)15-19(22)21-13-11-18(12-14-21)20(23)24-4-2/h7-10,18H,3-6,11-15H2,1-2H3. The van der Waals surface area contributed by atoms with Crippen LogP contribution in [0.15, 0.2) is 24.3 Å². The number of unbranched alkanes of at least 4 members (excludes halogenated alkanes) is 1. The van der Waals surface area contributed by atoms with E-state index in [9.17, 15) is 9.59 Å². The molecule has 132 valence electrons. The van der Waals surface area contributed by atoms with Gasteiger partial charge in [0, 0.05) is 13.1 Å². The number of aryl methyl sites for hydroxylation is 1. The van der Waals surface area contributed by atoms with E-state index in [1.807, 2.05) is 11.8 Å². The number of hydrogen-bond donors (Lipinski definition) is 0. The minimum absolute atomic E-state index is 0.0492. The van der Waals surface area contributed by atoms with Gasteiger partial charge in [-0.1, -0.05) is 37.6 Å². The van der Waals surface area contributed by atoms with E-state index in [2.05, 4.69) is 31.2 Å². The lowest BCUT2D eigenvalue weighted by Gasteiger charge is -2.31. The highest BCUT2D eigenvalue weighted by molar-refractivity contribution is 5.79. The van der Waals surface area contributed by atoms with Crippen molar-refractivity contribution in [3.63, 3.8) is 0 Å². The van der Waals surface area contributed by atoms with E-state index in [0.717, 1.165) is 12.0 Å². The zero-order chi connectivity index (χ0) is 17.4. The first-order chi connectivity index (χ1) is 11.6. The van der Waals surface area contributed by atoms with Crippen LogP contribution in [0.5, 0.6) is 0 Å². The van der Waals surface area contributed by atoms with Crippen molar-refractivity contribution >= 4 is 11.9 Å². The average Bonchev–Trinajstić information content (AvgIpc) is 2.61. The lowest BCUT2D eigenvalue weighted by atomic mass is 9.96. The third-order valence-electron chi connectivity index (χ3n) is 4.66. The van der Waals surface area contributed by atoms with E-state index < -0.39 is 0 Å². The first-order valence-electron chi connectivity index (χ1n) is 9.16. The van der Waals surface area contributed by atoms with E-state index in [4.69, 9.17) is 4.74 Å². The minimum atomic E-state index is -0.118. The minimum Gasteiger partial charge on any atom is -0.466 e. The van der Waals surface area contributed by atoms with Gasteiger partial charge in [0.15, 0.2) is 0 Å². The van der Waals surface area contributed by atoms with Crippen molar-refractivity contribution in [3.8, 4) is 0 Å². The Hall–Kier alpha value is -1.84. The molecule has 0 aromatic heterocycles. The quantitative estimate of drug-likeness (QED) is 0.720. The predicted octanol–water partition coefficient (Wildman–Crippen LogP) is 3.37. The molecule has 4 nitrogen and oxygen atoms in total. The van der Waals surface area contributed by atoms with Crippen molar-refractivity contribution in [2.45, 2.75) is 52.4 Å². The lowest BCUT2D eigenvalue weighted by molar-refractivity contribution is -0.151. The number of benzene rings is 1. The maximum Gasteiger partial charge on any atom is 0.309 e. The number of piperidine rings is 1. The largest absolute Gasteiger partial charge is 0.466 e. The molecule has 0 bridgehead atoms. The second kappa shape index (κ2) is 9.45. The number of esters is 1. The molecule has 1 aromatic rings. The van der Waals surface area contributed by atoms with Crippen LogP contribution in [-0.2, 0) is 27.2 Å². The van der Waals surface area contributed by atoms with Gasteiger partial charge in [-0.3, -0.25) is 9.59 Å². The van der Waals surface area contributed by atoms with Gasteiger partial charge >= 0.3 is 5.97 Å². The summed E-state index contributed by atoms with van der Waals surface area (Å²) in [6, 6.07) is 8.39. The Bertz CT molecular complexity index is 530. The van der Waals surface area contributed by atoms with Gasteiger partial charge < -0.3 is 9.64 Å². The van der Waals surface area contributed by atoms with Gasteiger partial charge in [0.05, 0.1) is 18.9 Å². The molecule has 0 aliphatic carbocycles. The van der Waals surface area contributed by atoms with Crippen molar-refractivity contribution in [1.29, 1.82) is 0 Å². The number of nitrogens with zero attached hydrogens (tertiary/aromatic N) is 1. The Kier molecular flexibility index (Phi) is 7.29. The van der Waals surface area contributed by atoms with Crippen molar-refractivity contribution in [3.05, 3.63) is 35.4 Å². The molecule has 1 saturated heterocycles. The van der Waals surface area contributed by atoms with E-state index in [1.165, 1.54) is 18.4 Å². The summed E-state index contributed by atoms with van der Waals surface area (Å²) in [5, 5.41) is 0. The van der Waals surface area contributed by atoms with Crippen molar-refractivity contribution < 1.29 is 14.3 Å². The molecular formula is C20H29NO3. The fourth-order valence-electron chi connectivity index (χ4n) is 3.12. The number of carbonyl (C=O) groups is 2. The Balaban J connectivity index is 1.80. The molecule has 0 N–H and O–H groups in total.